The molecule has 0 bridgehead atoms. The highest BCUT2D eigenvalue weighted by Crippen LogP contribution is 2.36. The van der Waals surface area contributed by atoms with Crippen LogP contribution in [0.1, 0.15) is 43.4 Å². The maximum absolute atomic E-state index is 13.5. The van der Waals surface area contributed by atoms with Gasteiger partial charge >= 0.3 is 6.18 Å². The highest BCUT2D eigenvalue weighted by atomic mass is 19.4. The Labute approximate surface area is 174 Å². The summed E-state index contributed by atoms with van der Waals surface area (Å²) in [4.78, 5) is 9.82. The molecule has 0 aliphatic carbocycles. The van der Waals surface area contributed by atoms with Crippen molar-refractivity contribution in [3.05, 3.63) is 71.4 Å². The second kappa shape index (κ2) is 8.73. The number of nitrogens with one attached hydrogen (secondary N) is 1. The van der Waals surface area contributed by atoms with Gasteiger partial charge in [-0.3, -0.25) is 0 Å². The Hall–Kier alpha value is -3.09. The summed E-state index contributed by atoms with van der Waals surface area (Å²) in [5.74, 6) is 0.289. The second-order valence-electron chi connectivity index (χ2n) is 7.41. The smallest absolute Gasteiger partial charge is 0.340 e. The lowest BCUT2D eigenvalue weighted by Crippen LogP contribution is -2.17. The van der Waals surface area contributed by atoms with Crippen LogP contribution >= 0.6 is 0 Å². The Kier molecular flexibility index (Phi) is 6.29. The van der Waals surface area contributed by atoms with Crippen molar-refractivity contribution in [1.82, 2.24) is 9.97 Å². The molecule has 1 N–H and O–H groups in total. The summed E-state index contributed by atoms with van der Waals surface area (Å²) in [5, 5.41) is 2.80. The third-order valence-electron chi connectivity index (χ3n) is 4.95. The zero-order valence-electron chi connectivity index (χ0n) is 17.5. The zero-order chi connectivity index (χ0) is 21.9. The maximum Gasteiger partial charge on any atom is 0.421 e. The average molecular weight is 414 g/mol. The van der Waals surface area contributed by atoms with Crippen LogP contribution in [0.25, 0.3) is 0 Å². The minimum Gasteiger partial charge on any atom is -0.340 e. The molecule has 3 aromatic rings. The van der Waals surface area contributed by atoms with Crippen molar-refractivity contribution in [3.8, 4) is 0 Å². The van der Waals surface area contributed by atoms with Crippen LogP contribution in [0.3, 0.4) is 0 Å². The van der Waals surface area contributed by atoms with Gasteiger partial charge < -0.3 is 10.2 Å². The third kappa shape index (κ3) is 4.90. The molecule has 0 amide bonds. The SMILES string of the molecule is CCc1ccc(Nc2nc(N(C)c3ccc(C(C)C)cc3)ncc2C(F)(F)F)cc1. The van der Waals surface area contributed by atoms with Gasteiger partial charge in [0.05, 0.1) is 0 Å². The van der Waals surface area contributed by atoms with E-state index in [2.05, 4.69) is 29.1 Å². The largest absolute Gasteiger partial charge is 0.421 e. The van der Waals surface area contributed by atoms with Crippen molar-refractivity contribution in [2.24, 2.45) is 0 Å². The molecule has 0 atom stereocenters. The molecule has 1 aromatic heterocycles. The van der Waals surface area contributed by atoms with Gasteiger partial charge in [-0.05, 0) is 47.7 Å². The van der Waals surface area contributed by atoms with Crippen molar-refractivity contribution >= 4 is 23.1 Å². The normalized spacial score (nSPS) is 11.6. The number of alkyl halides is 3. The van der Waals surface area contributed by atoms with Crippen LogP contribution in [0.5, 0.6) is 0 Å². The Morgan fingerprint density at radius 3 is 2.17 bits per heavy atom. The minimum absolute atomic E-state index is 0.174. The van der Waals surface area contributed by atoms with E-state index in [4.69, 9.17) is 0 Å². The number of hydrogen-bond acceptors (Lipinski definition) is 4. The van der Waals surface area contributed by atoms with Crippen molar-refractivity contribution in [1.29, 1.82) is 0 Å². The number of hydrogen-bond donors (Lipinski definition) is 1. The number of aryl methyl sites for hydroxylation is 1. The van der Waals surface area contributed by atoms with Crippen LogP contribution in [0.15, 0.2) is 54.7 Å². The predicted octanol–water partition coefficient (Wildman–Crippen LogP) is 6.69. The van der Waals surface area contributed by atoms with E-state index in [1.807, 2.05) is 43.3 Å². The van der Waals surface area contributed by atoms with Gasteiger partial charge in [-0.25, -0.2) is 4.98 Å². The first kappa shape index (κ1) is 21.6. The molecule has 0 spiro atoms. The standard InChI is InChI=1S/C23H25F3N4/c1-5-16-6-10-18(11-7-16)28-21-20(23(24,25)26)14-27-22(29-21)30(4)19-12-8-17(9-13-19)15(2)3/h6-15H,5H2,1-4H3,(H,27,28,29). The van der Waals surface area contributed by atoms with Gasteiger partial charge in [0.1, 0.15) is 11.4 Å². The molecule has 158 valence electrons. The average Bonchev–Trinajstić information content (AvgIpc) is 2.73. The molecular weight excluding hydrogens is 389 g/mol. The Balaban J connectivity index is 1.94. The third-order valence-corrected chi connectivity index (χ3v) is 4.95. The quantitative estimate of drug-likeness (QED) is 0.488. The van der Waals surface area contributed by atoms with Gasteiger partial charge in [0.2, 0.25) is 5.95 Å². The molecule has 0 aliphatic rings. The van der Waals surface area contributed by atoms with Crippen LogP contribution < -0.4 is 10.2 Å². The van der Waals surface area contributed by atoms with Gasteiger partial charge in [0.15, 0.2) is 0 Å². The van der Waals surface area contributed by atoms with Crippen molar-refractivity contribution < 1.29 is 13.2 Å². The van der Waals surface area contributed by atoms with E-state index in [1.165, 1.54) is 5.56 Å². The number of aromatic nitrogens is 2. The molecule has 0 saturated heterocycles. The zero-order valence-corrected chi connectivity index (χ0v) is 17.5. The number of rotatable bonds is 6. The lowest BCUT2D eigenvalue weighted by Gasteiger charge is -2.20. The molecule has 30 heavy (non-hydrogen) atoms. The fourth-order valence-corrected chi connectivity index (χ4v) is 3.00. The number of anilines is 4. The molecule has 0 aliphatic heterocycles. The van der Waals surface area contributed by atoms with Gasteiger partial charge in [0.25, 0.3) is 0 Å². The fourth-order valence-electron chi connectivity index (χ4n) is 3.00. The lowest BCUT2D eigenvalue weighted by atomic mass is 10.0. The summed E-state index contributed by atoms with van der Waals surface area (Å²) in [6.07, 6.45) is -2.89. The molecule has 2 aromatic carbocycles. The Morgan fingerprint density at radius 2 is 1.63 bits per heavy atom. The minimum atomic E-state index is -4.57. The number of nitrogens with zero attached hydrogens (tertiary/aromatic N) is 3. The second-order valence-corrected chi connectivity index (χ2v) is 7.41. The highest BCUT2D eigenvalue weighted by molar-refractivity contribution is 5.64. The molecule has 0 fully saturated rings. The van der Waals surface area contributed by atoms with Crippen LogP contribution in [0.4, 0.5) is 36.3 Å². The van der Waals surface area contributed by atoms with Gasteiger partial charge in [-0.15, -0.1) is 0 Å². The number of halogens is 3. The van der Waals surface area contributed by atoms with Crippen LogP contribution in [-0.2, 0) is 12.6 Å². The molecular formula is C23H25F3N4. The van der Waals surface area contributed by atoms with E-state index in [9.17, 15) is 13.2 Å². The summed E-state index contributed by atoms with van der Waals surface area (Å²) < 4.78 is 40.5. The first-order valence-electron chi connectivity index (χ1n) is 9.83. The molecule has 7 heteroatoms. The Bertz CT molecular complexity index is 981. The summed E-state index contributed by atoms with van der Waals surface area (Å²) >= 11 is 0. The van der Waals surface area contributed by atoms with E-state index >= 15 is 0 Å². The van der Waals surface area contributed by atoms with Gasteiger partial charge in [-0.2, -0.15) is 18.2 Å². The van der Waals surface area contributed by atoms with E-state index in [0.717, 1.165) is 23.9 Å². The highest BCUT2D eigenvalue weighted by Gasteiger charge is 2.35. The monoisotopic (exact) mass is 414 g/mol. The first-order chi connectivity index (χ1) is 14.2. The number of benzene rings is 2. The topological polar surface area (TPSA) is 41.1 Å². The fraction of sp³-hybridized carbons (Fsp3) is 0.304. The van der Waals surface area contributed by atoms with Gasteiger partial charge in [0, 0.05) is 24.6 Å². The van der Waals surface area contributed by atoms with Gasteiger partial charge in [-0.1, -0.05) is 45.0 Å². The summed E-state index contributed by atoms with van der Waals surface area (Å²) in [5.41, 5.74) is 2.70. The van der Waals surface area contributed by atoms with E-state index in [0.29, 0.717) is 11.6 Å². The summed E-state index contributed by atoms with van der Waals surface area (Å²) in [6, 6.07) is 15.0. The van der Waals surface area contributed by atoms with Crippen molar-refractivity contribution in [2.45, 2.75) is 39.3 Å². The summed E-state index contributed by atoms with van der Waals surface area (Å²) in [6.45, 7) is 6.22. The van der Waals surface area contributed by atoms with Crippen LogP contribution in [0, 0.1) is 0 Å². The molecule has 0 radical (unpaired) electrons. The lowest BCUT2D eigenvalue weighted by molar-refractivity contribution is -0.137. The molecule has 0 unspecified atom stereocenters. The van der Waals surface area contributed by atoms with Crippen molar-refractivity contribution in [3.63, 3.8) is 0 Å². The predicted molar refractivity (Wildman–Crippen MR) is 115 cm³/mol. The van der Waals surface area contributed by atoms with Crippen LogP contribution in [-0.4, -0.2) is 17.0 Å². The van der Waals surface area contributed by atoms with E-state index < -0.39 is 11.7 Å². The molecule has 0 saturated carbocycles. The first-order valence-corrected chi connectivity index (χ1v) is 9.83. The van der Waals surface area contributed by atoms with Crippen molar-refractivity contribution in [2.75, 3.05) is 17.3 Å². The summed E-state index contributed by atoms with van der Waals surface area (Å²) in [7, 11) is 1.73. The molecule has 4 nitrogen and oxygen atoms in total. The molecule has 3 rings (SSSR count). The van der Waals surface area contributed by atoms with E-state index in [1.54, 1.807) is 24.1 Å². The Morgan fingerprint density at radius 1 is 1.00 bits per heavy atom. The molecule has 1 heterocycles. The maximum atomic E-state index is 13.5. The van der Waals surface area contributed by atoms with Crippen LogP contribution in [0.2, 0.25) is 0 Å². The van der Waals surface area contributed by atoms with E-state index in [-0.39, 0.29) is 11.8 Å².